The molecule has 23 heavy (non-hydrogen) atoms. The van der Waals surface area contributed by atoms with Crippen molar-refractivity contribution >= 4 is 17.5 Å². The summed E-state index contributed by atoms with van der Waals surface area (Å²) in [6.45, 7) is 6.34. The highest BCUT2D eigenvalue weighted by Gasteiger charge is 2.19. The van der Waals surface area contributed by atoms with Crippen molar-refractivity contribution in [1.29, 1.82) is 0 Å². The Morgan fingerprint density at radius 2 is 1.96 bits per heavy atom. The smallest absolute Gasteiger partial charge is 0.261 e. The van der Waals surface area contributed by atoms with Crippen LogP contribution in [0.15, 0.2) is 42.5 Å². The van der Waals surface area contributed by atoms with Gasteiger partial charge < -0.3 is 10.1 Å². The van der Waals surface area contributed by atoms with Gasteiger partial charge in [0.2, 0.25) is 0 Å². The number of halogens is 1. The molecule has 2 rings (SSSR count). The maximum Gasteiger partial charge on any atom is 0.261 e. The van der Waals surface area contributed by atoms with Crippen molar-refractivity contribution in [2.45, 2.75) is 39.8 Å². The van der Waals surface area contributed by atoms with E-state index in [0.29, 0.717) is 18.0 Å². The number of aryl methyl sites for hydroxylation is 2. The third-order valence-electron chi connectivity index (χ3n) is 3.67. The van der Waals surface area contributed by atoms with Gasteiger partial charge in [-0.05, 0) is 43.5 Å². The van der Waals surface area contributed by atoms with Crippen molar-refractivity contribution in [1.82, 2.24) is 5.32 Å². The number of amides is 1. The standard InChI is InChI=1S/C19H22ClNO2/c1-4-17(23-18-10-9-13(2)11-14(18)3)19(22)21-12-15-7-5-6-8-16(15)20/h5-11,17H,4,12H2,1-3H3,(H,21,22)/t17-/m1/s1. The summed E-state index contributed by atoms with van der Waals surface area (Å²) in [5.74, 6) is 0.614. The van der Waals surface area contributed by atoms with E-state index in [1.54, 1.807) is 0 Å². The van der Waals surface area contributed by atoms with E-state index in [9.17, 15) is 4.79 Å². The van der Waals surface area contributed by atoms with Crippen LogP contribution in [-0.4, -0.2) is 12.0 Å². The molecule has 0 bridgehead atoms. The molecular formula is C19H22ClNO2. The molecule has 0 spiro atoms. The molecule has 2 aromatic rings. The molecule has 0 aliphatic rings. The lowest BCUT2D eigenvalue weighted by Gasteiger charge is -2.19. The minimum atomic E-state index is -0.515. The van der Waals surface area contributed by atoms with Crippen LogP contribution >= 0.6 is 11.6 Å². The van der Waals surface area contributed by atoms with E-state index >= 15 is 0 Å². The molecule has 122 valence electrons. The molecule has 0 saturated carbocycles. The Bertz CT molecular complexity index is 685. The van der Waals surface area contributed by atoms with Crippen molar-refractivity contribution in [2.75, 3.05) is 0 Å². The molecule has 4 heteroatoms. The molecule has 0 saturated heterocycles. The molecule has 0 aliphatic heterocycles. The van der Waals surface area contributed by atoms with Crippen LogP contribution in [0.3, 0.4) is 0 Å². The molecule has 0 radical (unpaired) electrons. The van der Waals surface area contributed by atoms with Crippen LogP contribution in [0.5, 0.6) is 5.75 Å². The Balaban J connectivity index is 2.00. The average Bonchev–Trinajstić information content (AvgIpc) is 2.53. The highest BCUT2D eigenvalue weighted by molar-refractivity contribution is 6.31. The van der Waals surface area contributed by atoms with Crippen LogP contribution in [0.1, 0.15) is 30.0 Å². The maximum absolute atomic E-state index is 12.4. The van der Waals surface area contributed by atoms with Crippen LogP contribution in [0.25, 0.3) is 0 Å². The van der Waals surface area contributed by atoms with Crippen LogP contribution in [0.4, 0.5) is 0 Å². The van der Waals surface area contributed by atoms with E-state index in [-0.39, 0.29) is 5.91 Å². The van der Waals surface area contributed by atoms with Crippen molar-refractivity contribution in [3.05, 3.63) is 64.2 Å². The Hall–Kier alpha value is -2.00. The first-order valence-electron chi connectivity index (χ1n) is 7.76. The first-order chi connectivity index (χ1) is 11.0. The van der Waals surface area contributed by atoms with E-state index in [0.717, 1.165) is 16.9 Å². The van der Waals surface area contributed by atoms with Crippen molar-refractivity contribution < 1.29 is 9.53 Å². The van der Waals surface area contributed by atoms with Gasteiger partial charge in [0.1, 0.15) is 5.75 Å². The second-order valence-corrected chi connectivity index (χ2v) is 6.00. The lowest BCUT2D eigenvalue weighted by Crippen LogP contribution is -2.37. The number of ether oxygens (including phenoxy) is 1. The number of nitrogens with one attached hydrogen (secondary N) is 1. The zero-order valence-electron chi connectivity index (χ0n) is 13.7. The van der Waals surface area contributed by atoms with Gasteiger partial charge in [-0.3, -0.25) is 4.79 Å². The predicted molar refractivity (Wildman–Crippen MR) is 93.9 cm³/mol. The topological polar surface area (TPSA) is 38.3 Å². The number of benzene rings is 2. The van der Waals surface area contributed by atoms with Gasteiger partial charge in [0.05, 0.1) is 0 Å². The summed E-state index contributed by atoms with van der Waals surface area (Å²) < 4.78 is 5.88. The molecule has 1 atom stereocenters. The molecule has 1 amide bonds. The lowest BCUT2D eigenvalue weighted by atomic mass is 10.1. The Labute approximate surface area is 142 Å². The van der Waals surface area contributed by atoms with Gasteiger partial charge in [-0.25, -0.2) is 0 Å². The molecule has 0 aliphatic carbocycles. The molecule has 0 aromatic heterocycles. The van der Waals surface area contributed by atoms with E-state index in [4.69, 9.17) is 16.3 Å². The van der Waals surface area contributed by atoms with E-state index < -0.39 is 6.10 Å². The average molecular weight is 332 g/mol. The summed E-state index contributed by atoms with van der Waals surface area (Å²) in [6.07, 6.45) is 0.0840. The van der Waals surface area contributed by atoms with Gasteiger partial charge in [-0.1, -0.05) is 54.4 Å². The molecular weight excluding hydrogens is 310 g/mol. The van der Waals surface area contributed by atoms with Crippen LogP contribution in [0.2, 0.25) is 5.02 Å². The van der Waals surface area contributed by atoms with Gasteiger partial charge >= 0.3 is 0 Å². The minimum absolute atomic E-state index is 0.132. The Morgan fingerprint density at radius 3 is 2.61 bits per heavy atom. The van der Waals surface area contributed by atoms with Crippen molar-refractivity contribution in [3.8, 4) is 5.75 Å². The Kier molecular flexibility index (Phi) is 6.05. The minimum Gasteiger partial charge on any atom is -0.480 e. The quantitative estimate of drug-likeness (QED) is 0.850. The molecule has 0 fully saturated rings. The molecule has 1 N–H and O–H groups in total. The van der Waals surface area contributed by atoms with E-state index in [2.05, 4.69) is 5.32 Å². The molecule has 0 unspecified atom stereocenters. The fraction of sp³-hybridized carbons (Fsp3) is 0.316. The normalized spacial score (nSPS) is 11.8. The summed E-state index contributed by atoms with van der Waals surface area (Å²) in [5, 5.41) is 3.54. The largest absolute Gasteiger partial charge is 0.480 e. The van der Waals surface area contributed by atoms with Crippen LogP contribution < -0.4 is 10.1 Å². The monoisotopic (exact) mass is 331 g/mol. The zero-order chi connectivity index (χ0) is 16.8. The Morgan fingerprint density at radius 1 is 1.22 bits per heavy atom. The first kappa shape index (κ1) is 17.4. The summed E-state index contributed by atoms with van der Waals surface area (Å²) in [4.78, 5) is 12.4. The summed E-state index contributed by atoms with van der Waals surface area (Å²) in [7, 11) is 0. The van der Waals surface area contributed by atoms with Gasteiger partial charge in [-0.15, -0.1) is 0 Å². The molecule has 0 heterocycles. The number of hydrogen-bond donors (Lipinski definition) is 1. The second kappa shape index (κ2) is 8.02. The van der Waals surface area contributed by atoms with Gasteiger partial charge in [0, 0.05) is 11.6 Å². The van der Waals surface area contributed by atoms with Crippen molar-refractivity contribution in [3.63, 3.8) is 0 Å². The second-order valence-electron chi connectivity index (χ2n) is 5.59. The van der Waals surface area contributed by atoms with E-state index in [1.807, 2.05) is 63.2 Å². The van der Waals surface area contributed by atoms with Crippen LogP contribution in [-0.2, 0) is 11.3 Å². The number of carbonyl (C=O) groups is 1. The van der Waals surface area contributed by atoms with Crippen molar-refractivity contribution in [2.24, 2.45) is 0 Å². The summed E-state index contributed by atoms with van der Waals surface area (Å²) in [5.41, 5.74) is 3.09. The van der Waals surface area contributed by atoms with Gasteiger partial charge in [0.25, 0.3) is 5.91 Å². The summed E-state index contributed by atoms with van der Waals surface area (Å²) in [6, 6.07) is 13.4. The van der Waals surface area contributed by atoms with Crippen LogP contribution in [0, 0.1) is 13.8 Å². The fourth-order valence-electron chi connectivity index (χ4n) is 2.35. The van der Waals surface area contributed by atoms with E-state index in [1.165, 1.54) is 5.56 Å². The molecule has 3 nitrogen and oxygen atoms in total. The van der Waals surface area contributed by atoms with Gasteiger partial charge in [-0.2, -0.15) is 0 Å². The lowest BCUT2D eigenvalue weighted by molar-refractivity contribution is -0.128. The number of carbonyl (C=O) groups excluding carboxylic acids is 1. The fourth-order valence-corrected chi connectivity index (χ4v) is 2.55. The predicted octanol–water partition coefficient (Wildman–Crippen LogP) is 4.43. The highest BCUT2D eigenvalue weighted by Crippen LogP contribution is 2.21. The number of rotatable bonds is 6. The van der Waals surface area contributed by atoms with Gasteiger partial charge in [0.15, 0.2) is 6.10 Å². The SMILES string of the molecule is CC[C@@H](Oc1ccc(C)cc1C)C(=O)NCc1ccccc1Cl. The third kappa shape index (κ3) is 4.73. The first-order valence-corrected chi connectivity index (χ1v) is 8.14. The molecule has 2 aromatic carbocycles. The number of hydrogen-bond acceptors (Lipinski definition) is 2. The zero-order valence-corrected chi connectivity index (χ0v) is 14.5. The maximum atomic E-state index is 12.4. The summed E-state index contributed by atoms with van der Waals surface area (Å²) >= 11 is 6.10. The third-order valence-corrected chi connectivity index (χ3v) is 4.04. The highest BCUT2D eigenvalue weighted by atomic mass is 35.5.